The summed E-state index contributed by atoms with van der Waals surface area (Å²) in [5.74, 6) is 1.62. The summed E-state index contributed by atoms with van der Waals surface area (Å²) in [6.45, 7) is 7.08. The summed E-state index contributed by atoms with van der Waals surface area (Å²) in [6, 6.07) is 6.67. The van der Waals surface area contributed by atoms with Gasteiger partial charge in [0.25, 0.3) is 0 Å². The Labute approximate surface area is 131 Å². The zero-order valence-electron chi connectivity index (χ0n) is 13.0. The highest BCUT2D eigenvalue weighted by Gasteiger charge is 2.34. The van der Waals surface area contributed by atoms with Crippen molar-refractivity contribution in [1.29, 1.82) is 0 Å². The van der Waals surface area contributed by atoms with E-state index in [9.17, 15) is 0 Å². The lowest BCUT2D eigenvalue weighted by molar-refractivity contribution is 0.163. The SMILES string of the molecule is COc1ccc(Br)c(NC2CCCCC2C(C)(C)C)c1. The Kier molecular flexibility index (Phi) is 5.00. The second-order valence-corrected chi connectivity index (χ2v) is 7.71. The third-order valence-electron chi connectivity index (χ3n) is 4.39. The van der Waals surface area contributed by atoms with Crippen molar-refractivity contribution in [3.05, 3.63) is 22.7 Å². The molecule has 2 atom stereocenters. The maximum Gasteiger partial charge on any atom is 0.121 e. The summed E-state index contributed by atoms with van der Waals surface area (Å²) in [6.07, 6.45) is 5.26. The molecule has 112 valence electrons. The molecule has 0 aromatic heterocycles. The molecule has 0 amide bonds. The number of halogens is 1. The first-order valence-electron chi connectivity index (χ1n) is 7.52. The van der Waals surface area contributed by atoms with Crippen LogP contribution in [0.15, 0.2) is 22.7 Å². The lowest BCUT2D eigenvalue weighted by atomic mass is 9.69. The van der Waals surface area contributed by atoms with Crippen LogP contribution in [0.3, 0.4) is 0 Å². The minimum atomic E-state index is 0.351. The van der Waals surface area contributed by atoms with Gasteiger partial charge in [-0.15, -0.1) is 0 Å². The number of rotatable bonds is 3. The molecule has 0 aliphatic heterocycles. The summed E-state index contributed by atoms with van der Waals surface area (Å²) in [5, 5.41) is 3.75. The van der Waals surface area contributed by atoms with E-state index >= 15 is 0 Å². The maximum absolute atomic E-state index is 5.33. The zero-order valence-corrected chi connectivity index (χ0v) is 14.6. The van der Waals surface area contributed by atoms with Gasteiger partial charge in [0.2, 0.25) is 0 Å². The molecule has 2 unspecified atom stereocenters. The molecule has 2 rings (SSSR count). The standard InChI is InChI=1S/C17H26BrNO/c1-17(2,3)13-7-5-6-8-15(13)19-16-11-12(20-4)9-10-14(16)18/h9-11,13,15,19H,5-8H2,1-4H3. The van der Waals surface area contributed by atoms with E-state index < -0.39 is 0 Å². The minimum absolute atomic E-state index is 0.351. The van der Waals surface area contributed by atoms with Gasteiger partial charge < -0.3 is 10.1 Å². The lowest BCUT2D eigenvalue weighted by Gasteiger charge is -2.41. The first-order chi connectivity index (χ1) is 9.41. The Morgan fingerprint density at radius 2 is 1.90 bits per heavy atom. The Hall–Kier alpha value is -0.700. The number of benzene rings is 1. The van der Waals surface area contributed by atoms with E-state index in [0.717, 1.165) is 15.9 Å². The number of hydrogen-bond acceptors (Lipinski definition) is 2. The van der Waals surface area contributed by atoms with E-state index in [2.05, 4.69) is 54.2 Å². The van der Waals surface area contributed by atoms with Gasteiger partial charge in [-0.25, -0.2) is 0 Å². The Bertz CT molecular complexity index is 453. The second-order valence-electron chi connectivity index (χ2n) is 6.85. The number of ether oxygens (including phenoxy) is 1. The smallest absolute Gasteiger partial charge is 0.121 e. The Morgan fingerprint density at radius 3 is 2.55 bits per heavy atom. The minimum Gasteiger partial charge on any atom is -0.497 e. The molecule has 20 heavy (non-hydrogen) atoms. The third-order valence-corrected chi connectivity index (χ3v) is 5.08. The van der Waals surface area contributed by atoms with Crippen molar-refractivity contribution in [2.75, 3.05) is 12.4 Å². The van der Waals surface area contributed by atoms with Crippen molar-refractivity contribution in [3.8, 4) is 5.75 Å². The van der Waals surface area contributed by atoms with E-state index in [-0.39, 0.29) is 0 Å². The molecule has 3 heteroatoms. The lowest BCUT2D eigenvalue weighted by Crippen LogP contribution is -2.39. The summed E-state index contributed by atoms with van der Waals surface area (Å²) >= 11 is 3.64. The van der Waals surface area contributed by atoms with E-state index in [1.165, 1.54) is 25.7 Å². The fourth-order valence-electron chi connectivity index (χ4n) is 3.28. The molecule has 1 aliphatic rings. The molecular formula is C17H26BrNO. The number of hydrogen-bond donors (Lipinski definition) is 1. The predicted molar refractivity (Wildman–Crippen MR) is 89.5 cm³/mol. The summed E-state index contributed by atoms with van der Waals surface area (Å²) in [4.78, 5) is 0. The van der Waals surface area contributed by atoms with Crippen LogP contribution in [-0.4, -0.2) is 13.2 Å². The van der Waals surface area contributed by atoms with Gasteiger partial charge in [-0.05, 0) is 52.2 Å². The monoisotopic (exact) mass is 339 g/mol. The molecule has 1 saturated carbocycles. The van der Waals surface area contributed by atoms with Crippen molar-refractivity contribution in [2.24, 2.45) is 11.3 Å². The second kappa shape index (κ2) is 6.38. The highest BCUT2D eigenvalue weighted by Crippen LogP contribution is 2.40. The van der Waals surface area contributed by atoms with Crippen molar-refractivity contribution in [3.63, 3.8) is 0 Å². The Balaban J connectivity index is 2.18. The van der Waals surface area contributed by atoms with Crippen LogP contribution in [-0.2, 0) is 0 Å². The van der Waals surface area contributed by atoms with Crippen LogP contribution in [0.5, 0.6) is 5.75 Å². The average Bonchev–Trinajstić information content (AvgIpc) is 2.41. The van der Waals surface area contributed by atoms with E-state index in [4.69, 9.17) is 4.74 Å². The fourth-order valence-corrected chi connectivity index (χ4v) is 3.64. The van der Waals surface area contributed by atoms with Gasteiger partial charge in [0.15, 0.2) is 0 Å². The van der Waals surface area contributed by atoms with Crippen LogP contribution in [0.4, 0.5) is 5.69 Å². The van der Waals surface area contributed by atoms with Crippen LogP contribution >= 0.6 is 15.9 Å². The summed E-state index contributed by atoms with van der Waals surface area (Å²) in [7, 11) is 1.71. The van der Waals surface area contributed by atoms with Crippen LogP contribution < -0.4 is 10.1 Å². The van der Waals surface area contributed by atoms with Crippen LogP contribution in [0.25, 0.3) is 0 Å². The third kappa shape index (κ3) is 3.69. The van der Waals surface area contributed by atoms with Crippen molar-refractivity contribution >= 4 is 21.6 Å². The molecule has 1 aromatic rings. The van der Waals surface area contributed by atoms with Gasteiger partial charge in [-0.2, -0.15) is 0 Å². The highest BCUT2D eigenvalue weighted by atomic mass is 79.9. The number of nitrogens with one attached hydrogen (secondary N) is 1. The summed E-state index contributed by atoms with van der Waals surface area (Å²) in [5.41, 5.74) is 1.49. The van der Waals surface area contributed by atoms with E-state index in [1.807, 2.05) is 6.07 Å². The van der Waals surface area contributed by atoms with Crippen molar-refractivity contribution in [1.82, 2.24) is 0 Å². The first kappa shape index (κ1) is 15.7. The van der Waals surface area contributed by atoms with E-state index in [0.29, 0.717) is 17.4 Å². The largest absolute Gasteiger partial charge is 0.497 e. The van der Waals surface area contributed by atoms with Gasteiger partial charge in [0.1, 0.15) is 5.75 Å². The van der Waals surface area contributed by atoms with Crippen LogP contribution in [0.2, 0.25) is 0 Å². The van der Waals surface area contributed by atoms with Gasteiger partial charge in [0, 0.05) is 16.6 Å². The van der Waals surface area contributed by atoms with Gasteiger partial charge in [-0.3, -0.25) is 0 Å². The molecule has 1 aliphatic carbocycles. The molecule has 1 N–H and O–H groups in total. The van der Waals surface area contributed by atoms with Gasteiger partial charge >= 0.3 is 0 Å². The molecule has 1 aromatic carbocycles. The van der Waals surface area contributed by atoms with E-state index in [1.54, 1.807) is 7.11 Å². The predicted octanol–water partition coefficient (Wildman–Crippen LogP) is 5.47. The highest BCUT2D eigenvalue weighted by molar-refractivity contribution is 9.10. The van der Waals surface area contributed by atoms with Gasteiger partial charge in [0.05, 0.1) is 12.8 Å². The first-order valence-corrected chi connectivity index (χ1v) is 8.31. The molecule has 2 nitrogen and oxygen atoms in total. The molecule has 0 bridgehead atoms. The topological polar surface area (TPSA) is 21.3 Å². The van der Waals surface area contributed by atoms with Gasteiger partial charge in [-0.1, -0.05) is 33.6 Å². The Morgan fingerprint density at radius 1 is 1.20 bits per heavy atom. The molecule has 0 spiro atoms. The van der Waals surface area contributed by atoms with Crippen LogP contribution in [0, 0.1) is 11.3 Å². The normalized spacial score (nSPS) is 23.4. The van der Waals surface area contributed by atoms with Crippen molar-refractivity contribution in [2.45, 2.75) is 52.5 Å². The molecule has 0 heterocycles. The quantitative estimate of drug-likeness (QED) is 0.787. The van der Waals surface area contributed by atoms with Crippen molar-refractivity contribution < 1.29 is 4.74 Å². The molecule has 0 saturated heterocycles. The number of anilines is 1. The number of methoxy groups -OCH3 is 1. The summed E-state index contributed by atoms with van der Waals surface area (Å²) < 4.78 is 6.44. The molecule has 1 fully saturated rings. The zero-order chi connectivity index (χ0) is 14.8. The molecular weight excluding hydrogens is 314 g/mol. The van der Waals surface area contributed by atoms with Crippen LogP contribution in [0.1, 0.15) is 46.5 Å². The maximum atomic E-state index is 5.33. The molecule has 0 radical (unpaired) electrons. The fraction of sp³-hybridized carbons (Fsp3) is 0.647. The average molecular weight is 340 g/mol.